The van der Waals surface area contributed by atoms with Crippen molar-refractivity contribution in [3.8, 4) is 5.69 Å². The highest BCUT2D eigenvalue weighted by Crippen LogP contribution is 2.08. The lowest BCUT2D eigenvalue weighted by molar-refractivity contribution is 0.179. The summed E-state index contributed by atoms with van der Waals surface area (Å²) in [4.78, 5) is 4.22. The van der Waals surface area contributed by atoms with Crippen LogP contribution in [0.15, 0.2) is 47.7 Å². The molecule has 1 aromatic heterocycles. The number of aromatic nitrogens is 2. The third-order valence-electron chi connectivity index (χ3n) is 3.43. The molecule has 2 rings (SSSR count). The molecule has 0 fully saturated rings. The summed E-state index contributed by atoms with van der Waals surface area (Å²) in [5.74, 6) is 0.794. The number of guanidine groups is 1. The number of rotatable bonds is 7. The van der Waals surface area contributed by atoms with Crippen LogP contribution in [0.3, 0.4) is 0 Å². The summed E-state index contributed by atoms with van der Waals surface area (Å²) in [5, 5.41) is 10.8. The smallest absolute Gasteiger partial charge is 0.191 e. The number of nitrogens with zero attached hydrogens (tertiary/aromatic N) is 3. The predicted octanol–water partition coefficient (Wildman–Crippen LogP) is 2.23. The molecule has 0 aliphatic carbocycles. The molecule has 0 aliphatic rings. The van der Waals surface area contributed by atoms with Crippen LogP contribution in [-0.4, -0.2) is 49.1 Å². The summed E-state index contributed by atoms with van der Waals surface area (Å²) < 4.78 is 6.96. The topological polar surface area (TPSA) is 63.5 Å². The molecule has 0 saturated heterocycles. The Morgan fingerprint density at radius 3 is 2.67 bits per heavy atom. The number of ether oxygens (including phenoxy) is 1. The number of aliphatic imine (C=N–C) groups is 1. The molecule has 2 N–H and O–H groups in total. The van der Waals surface area contributed by atoms with Gasteiger partial charge in [0.25, 0.3) is 0 Å². The molecule has 2 aromatic rings. The molecule has 0 radical (unpaired) electrons. The van der Waals surface area contributed by atoms with Crippen LogP contribution in [0.2, 0.25) is 0 Å². The average molecular weight is 443 g/mol. The standard InChI is InChI=1S/C17H25N5O.HI/c1-14(13-23-3)21-17(18-2)19-11-9-15-5-7-16(8-6-15)22-12-4-10-20-22;/h4-8,10,12,14H,9,11,13H2,1-3H3,(H2,18,19,21);1H. The fourth-order valence-corrected chi connectivity index (χ4v) is 2.28. The fraction of sp³-hybridized carbons (Fsp3) is 0.412. The van der Waals surface area contributed by atoms with E-state index in [0.29, 0.717) is 6.61 Å². The van der Waals surface area contributed by atoms with Gasteiger partial charge in [0.15, 0.2) is 5.96 Å². The van der Waals surface area contributed by atoms with Gasteiger partial charge in [0.05, 0.1) is 12.3 Å². The first-order valence-corrected chi connectivity index (χ1v) is 7.78. The molecule has 0 aliphatic heterocycles. The highest BCUT2D eigenvalue weighted by atomic mass is 127. The zero-order valence-electron chi connectivity index (χ0n) is 14.4. The third kappa shape index (κ3) is 6.48. The van der Waals surface area contributed by atoms with Crippen LogP contribution in [0.5, 0.6) is 0 Å². The lowest BCUT2D eigenvalue weighted by Crippen LogP contribution is -2.44. The zero-order valence-corrected chi connectivity index (χ0v) is 16.7. The van der Waals surface area contributed by atoms with Crippen LogP contribution < -0.4 is 10.6 Å². The molecule has 0 saturated carbocycles. The first-order chi connectivity index (χ1) is 11.2. The van der Waals surface area contributed by atoms with Crippen molar-refractivity contribution < 1.29 is 4.74 Å². The molecule has 0 amide bonds. The van der Waals surface area contributed by atoms with E-state index in [2.05, 4.69) is 51.9 Å². The minimum absolute atomic E-state index is 0. The Morgan fingerprint density at radius 2 is 2.08 bits per heavy atom. The number of halogens is 1. The molecule has 1 aromatic carbocycles. The van der Waals surface area contributed by atoms with E-state index in [1.54, 1.807) is 20.4 Å². The molecule has 0 bridgehead atoms. The third-order valence-corrected chi connectivity index (χ3v) is 3.43. The molecule has 1 atom stereocenters. The fourth-order valence-electron chi connectivity index (χ4n) is 2.28. The van der Waals surface area contributed by atoms with Gasteiger partial charge in [0.2, 0.25) is 0 Å². The van der Waals surface area contributed by atoms with Gasteiger partial charge in [-0.05, 0) is 37.1 Å². The molecule has 0 spiro atoms. The Balaban J connectivity index is 0.00000288. The van der Waals surface area contributed by atoms with E-state index in [4.69, 9.17) is 4.74 Å². The van der Waals surface area contributed by atoms with E-state index in [9.17, 15) is 0 Å². The number of nitrogens with one attached hydrogen (secondary N) is 2. The van der Waals surface area contributed by atoms with Gasteiger partial charge in [0.1, 0.15) is 0 Å². The monoisotopic (exact) mass is 443 g/mol. The van der Waals surface area contributed by atoms with Crippen LogP contribution in [0.1, 0.15) is 12.5 Å². The molecule has 132 valence electrons. The Hall–Kier alpha value is -1.61. The van der Waals surface area contributed by atoms with Crippen molar-refractivity contribution in [2.75, 3.05) is 27.3 Å². The first-order valence-electron chi connectivity index (χ1n) is 7.78. The number of hydrogen-bond donors (Lipinski definition) is 2. The van der Waals surface area contributed by atoms with E-state index < -0.39 is 0 Å². The molecule has 1 unspecified atom stereocenters. The lowest BCUT2D eigenvalue weighted by Gasteiger charge is -2.17. The van der Waals surface area contributed by atoms with Crippen molar-refractivity contribution in [2.45, 2.75) is 19.4 Å². The van der Waals surface area contributed by atoms with Crippen molar-refractivity contribution in [3.63, 3.8) is 0 Å². The molecular formula is C17H26IN5O. The number of methoxy groups -OCH3 is 1. The maximum Gasteiger partial charge on any atom is 0.191 e. The van der Waals surface area contributed by atoms with E-state index in [1.165, 1.54) is 5.56 Å². The van der Waals surface area contributed by atoms with Gasteiger partial charge < -0.3 is 15.4 Å². The Bertz CT molecular complexity index is 598. The van der Waals surface area contributed by atoms with Gasteiger partial charge in [-0.3, -0.25) is 4.99 Å². The van der Waals surface area contributed by atoms with Crippen LogP contribution in [0.25, 0.3) is 5.69 Å². The van der Waals surface area contributed by atoms with Crippen molar-refractivity contribution in [2.24, 2.45) is 4.99 Å². The predicted molar refractivity (Wildman–Crippen MR) is 109 cm³/mol. The highest BCUT2D eigenvalue weighted by Gasteiger charge is 2.04. The summed E-state index contributed by atoms with van der Waals surface area (Å²) in [6.45, 7) is 3.53. The number of benzene rings is 1. The SMILES string of the molecule is CN=C(NCCc1ccc(-n2cccn2)cc1)NC(C)COC.I. The second kappa shape index (κ2) is 11.0. The van der Waals surface area contributed by atoms with E-state index >= 15 is 0 Å². The van der Waals surface area contributed by atoms with Gasteiger partial charge >= 0.3 is 0 Å². The Morgan fingerprint density at radius 1 is 1.33 bits per heavy atom. The van der Waals surface area contributed by atoms with Crippen LogP contribution >= 0.6 is 24.0 Å². The first kappa shape index (κ1) is 20.4. The minimum atomic E-state index is 0. The normalized spacial score (nSPS) is 12.4. The average Bonchev–Trinajstić information content (AvgIpc) is 3.09. The molecule has 1 heterocycles. The van der Waals surface area contributed by atoms with Crippen LogP contribution in [-0.2, 0) is 11.2 Å². The van der Waals surface area contributed by atoms with Crippen molar-refractivity contribution >= 4 is 29.9 Å². The summed E-state index contributed by atoms with van der Waals surface area (Å²) in [5.41, 5.74) is 2.34. The van der Waals surface area contributed by atoms with E-state index in [1.807, 2.05) is 16.9 Å². The lowest BCUT2D eigenvalue weighted by atomic mass is 10.1. The second-order valence-corrected chi connectivity index (χ2v) is 5.37. The number of hydrogen-bond acceptors (Lipinski definition) is 3. The second-order valence-electron chi connectivity index (χ2n) is 5.37. The van der Waals surface area contributed by atoms with Crippen molar-refractivity contribution in [3.05, 3.63) is 48.3 Å². The van der Waals surface area contributed by atoms with Gasteiger partial charge in [-0.1, -0.05) is 12.1 Å². The zero-order chi connectivity index (χ0) is 16.5. The van der Waals surface area contributed by atoms with Gasteiger partial charge in [-0.25, -0.2) is 4.68 Å². The van der Waals surface area contributed by atoms with Crippen molar-refractivity contribution in [1.82, 2.24) is 20.4 Å². The molecule has 7 heteroatoms. The summed E-state index contributed by atoms with van der Waals surface area (Å²) >= 11 is 0. The van der Waals surface area contributed by atoms with Gasteiger partial charge in [0, 0.05) is 39.1 Å². The molecular weight excluding hydrogens is 417 g/mol. The molecule has 24 heavy (non-hydrogen) atoms. The Kier molecular flexibility index (Phi) is 9.39. The van der Waals surface area contributed by atoms with Crippen molar-refractivity contribution in [1.29, 1.82) is 0 Å². The minimum Gasteiger partial charge on any atom is -0.383 e. The van der Waals surface area contributed by atoms with Crippen LogP contribution in [0.4, 0.5) is 0 Å². The summed E-state index contributed by atoms with van der Waals surface area (Å²) in [7, 11) is 3.47. The summed E-state index contributed by atoms with van der Waals surface area (Å²) in [6, 6.07) is 10.6. The van der Waals surface area contributed by atoms with Gasteiger partial charge in [-0.15, -0.1) is 24.0 Å². The van der Waals surface area contributed by atoms with E-state index in [-0.39, 0.29) is 30.0 Å². The largest absolute Gasteiger partial charge is 0.383 e. The quantitative estimate of drug-likeness (QED) is 0.392. The van der Waals surface area contributed by atoms with E-state index in [0.717, 1.165) is 24.6 Å². The Labute approximate surface area is 160 Å². The highest BCUT2D eigenvalue weighted by molar-refractivity contribution is 14.0. The van der Waals surface area contributed by atoms with Gasteiger partial charge in [-0.2, -0.15) is 5.10 Å². The molecule has 6 nitrogen and oxygen atoms in total. The maximum atomic E-state index is 5.11. The maximum absolute atomic E-state index is 5.11. The summed E-state index contributed by atoms with van der Waals surface area (Å²) in [6.07, 6.45) is 4.65. The van der Waals surface area contributed by atoms with Crippen LogP contribution in [0, 0.1) is 0 Å².